The van der Waals surface area contributed by atoms with E-state index in [1.807, 2.05) is 18.2 Å². The molecule has 106 valence electrons. The highest BCUT2D eigenvalue weighted by molar-refractivity contribution is 5.77. The molecule has 0 saturated carbocycles. The number of ether oxygens (including phenoxy) is 3. The van der Waals surface area contributed by atoms with Crippen molar-refractivity contribution < 1.29 is 19.0 Å². The Morgan fingerprint density at radius 2 is 1.89 bits per heavy atom. The van der Waals surface area contributed by atoms with Crippen molar-refractivity contribution in [3.8, 4) is 11.5 Å². The maximum Gasteiger partial charge on any atom is 0.245 e. The first-order valence-electron chi connectivity index (χ1n) is 6.17. The van der Waals surface area contributed by atoms with Crippen molar-refractivity contribution in [2.45, 2.75) is 12.8 Å². The molecule has 5 heteroatoms. The highest BCUT2D eigenvalue weighted by atomic mass is 16.5. The number of amides is 1. The first-order valence-corrected chi connectivity index (χ1v) is 6.17. The number of methoxy groups -OCH3 is 3. The topological polar surface area (TPSA) is 56.8 Å². The Kier molecular flexibility index (Phi) is 6.74. The van der Waals surface area contributed by atoms with E-state index in [1.54, 1.807) is 14.2 Å². The Hall–Kier alpha value is -1.75. The number of rotatable bonds is 8. The van der Waals surface area contributed by atoms with Gasteiger partial charge in [0.25, 0.3) is 0 Å². The van der Waals surface area contributed by atoms with Crippen molar-refractivity contribution in [3.05, 3.63) is 23.8 Å². The summed E-state index contributed by atoms with van der Waals surface area (Å²) in [5.74, 6) is 1.36. The van der Waals surface area contributed by atoms with E-state index >= 15 is 0 Å². The number of hydrogen-bond acceptors (Lipinski definition) is 4. The van der Waals surface area contributed by atoms with Crippen molar-refractivity contribution in [3.63, 3.8) is 0 Å². The monoisotopic (exact) mass is 267 g/mol. The lowest BCUT2D eigenvalue weighted by atomic mass is 10.1. The molecule has 1 rings (SSSR count). The van der Waals surface area contributed by atoms with Gasteiger partial charge < -0.3 is 19.5 Å². The summed E-state index contributed by atoms with van der Waals surface area (Å²) in [6, 6.07) is 5.84. The van der Waals surface area contributed by atoms with Gasteiger partial charge in [-0.25, -0.2) is 0 Å². The third-order valence-corrected chi connectivity index (χ3v) is 2.69. The van der Waals surface area contributed by atoms with E-state index in [2.05, 4.69) is 5.32 Å². The van der Waals surface area contributed by atoms with Gasteiger partial charge in [-0.3, -0.25) is 4.79 Å². The first kappa shape index (κ1) is 15.3. The van der Waals surface area contributed by atoms with Crippen LogP contribution in [0.1, 0.15) is 12.0 Å². The van der Waals surface area contributed by atoms with E-state index in [0.717, 1.165) is 29.9 Å². The van der Waals surface area contributed by atoms with Crippen LogP contribution in [0.15, 0.2) is 18.2 Å². The highest BCUT2D eigenvalue weighted by Gasteiger charge is 2.04. The van der Waals surface area contributed by atoms with Gasteiger partial charge in [0.2, 0.25) is 5.91 Å². The van der Waals surface area contributed by atoms with E-state index in [0.29, 0.717) is 6.54 Å². The van der Waals surface area contributed by atoms with Crippen LogP contribution in [-0.2, 0) is 16.0 Å². The summed E-state index contributed by atoms with van der Waals surface area (Å²) >= 11 is 0. The SMILES string of the molecule is COCC(=O)NCCCc1ccc(OC)c(OC)c1. The molecule has 0 aliphatic rings. The van der Waals surface area contributed by atoms with Gasteiger partial charge in [0.15, 0.2) is 11.5 Å². The number of carbonyl (C=O) groups is 1. The zero-order chi connectivity index (χ0) is 14.1. The minimum atomic E-state index is -0.0881. The van der Waals surface area contributed by atoms with Crippen molar-refractivity contribution in [2.24, 2.45) is 0 Å². The van der Waals surface area contributed by atoms with Gasteiger partial charge in [0.05, 0.1) is 14.2 Å². The van der Waals surface area contributed by atoms with Crippen molar-refractivity contribution >= 4 is 5.91 Å². The average Bonchev–Trinajstić information content (AvgIpc) is 2.43. The minimum Gasteiger partial charge on any atom is -0.493 e. The number of hydrogen-bond donors (Lipinski definition) is 1. The molecule has 0 aliphatic heterocycles. The van der Waals surface area contributed by atoms with Gasteiger partial charge in [0.1, 0.15) is 6.61 Å². The second-order valence-corrected chi connectivity index (χ2v) is 4.08. The largest absolute Gasteiger partial charge is 0.493 e. The molecule has 0 atom stereocenters. The van der Waals surface area contributed by atoms with E-state index in [9.17, 15) is 4.79 Å². The predicted molar refractivity (Wildman–Crippen MR) is 72.8 cm³/mol. The fourth-order valence-electron chi connectivity index (χ4n) is 1.74. The molecule has 0 aromatic heterocycles. The van der Waals surface area contributed by atoms with E-state index < -0.39 is 0 Å². The predicted octanol–water partition coefficient (Wildman–Crippen LogP) is 1.40. The van der Waals surface area contributed by atoms with E-state index in [1.165, 1.54) is 7.11 Å². The normalized spacial score (nSPS) is 10.1. The summed E-state index contributed by atoms with van der Waals surface area (Å²) in [5.41, 5.74) is 1.15. The first-order chi connectivity index (χ1) is 9.21. The summed E-state index contributed by atoms with van der Waals surface area (Å²) in [6.45, 7) is 0.743. The Labute approximate surface area is 113 Å². The van der Waals surface area contributed by atoms with Crippen LogP contribution in [0.25, 0.3) is 0 Å². The zero-order valence-corrected chi connectivity index (χ0v) is 11.7. The summed E-state index contributed by atoms with van der Waals surface area (Å²) in [5, 5.41) is 2.79. The molecule has 19 heavy (non-hydrogen) atoms. The third kappa shape index (κ3) is 5.18. The van der Waals surface area contributed by atoms with Gasteiger partial charge in [-0.2, -0.15) is 0 Å². The average molecular weight is 267 g/mol. The lowest BCUT2D eigenvalue weighted by molar-refractivity contribution is -0.124. The van der Waals surface area contributed by atoms with Crippen molar-refractivity contribution in [1.82, 2.24) is 5.32 Å². The van der Waals surface area contributed by atoms with Gasteiger partial charge in [-0.05, 0) is 30.5 Å². The van der Waals surface area contributed by atoms with E-state index in [-0.39, 0.29) is 12.5 Å². The molecule has 0 bridgehead atoms. The third-order valence-electron chi connectivity index (χ3n) is 2.69. The Morgan fingerprint density at radius 3 is 2.53 bits per heavy atom. The van der Waals surface area contributed by atoms with Crippen LogP contribution in [-0.4, -0.2) is 40.4 Å². The summed E-state index contributed by atoms with van der Waals surface area (Å²) < 4.78 is 15.2. The van der Waals surface area contributed by atoms with Crippen LogP contribution in [0.4, 0.5) is 0 Å². The van der Waals surface area contributed by atoms with Gasteiger partial charge in [-0.15, -0.1) is 0 Å². The molecule has 5 nitrogen and oxygen atoms in total. The van der Waals surface area contributed by atoms with Crippen LogP contribution in [0, 0.1) is 0 Å². The standard InChI is InChI=1S/C14H21NO4/c1-17-10-14(16)15-8-4-5-11-6-7-12(18-2)13(9-11)19-3/h6-7,9H,4-5,8,10H2,1-3H3,(H,15,16). The van der Waals surface area contributed by atoms with Crippen LogP contribution in [0.5, 0.6) is 11.5 Å². The molecule has 1 aromatic carbocycles. The van der Waals surface area contributed by atoms with Crippen molar-refractivity contribution in [1.29, 1.82) is 0 Å². The molecule has 0 heterocycles. The Bertz CT molecular complexity index is 406. The van der Waals surface area contributed by atoms with Gasteiger partial charge in [-0.1, -0.05) is 6.07 Å². The van der Waals surface area contributed by atoms with E-state index in [4.69, 9.17) is 14.2 Å². The summed E-state index contributed by atoms with van der Waals surface area (Å²) in [4.78, 5) is 11.2. The minimum absolute atomic E-state index is 0.0881. The number of aryl methyl sites for hydroxylation is 1. The lowest BCUT2D eigenvalue weighted by Crippen LogP contribution is -2.28. The fourth-order valence-corrected chi connectivity index (χ4v) is 1.74. The van der Waals surface area contributed by atoms with Crippen LogP contribution in [0.3, 0.4) is 0 Å². The zero-order valence-electron chi connectivity index (χ0n) is 11.7. The summed E-state index contributed by atoms with van der Waals surface area (Å²) in [6.07, 6.45) is 1.73. The molecule has 0 unspecified atom stereocenters. The quantitative estimate of drug-likeness (QED) is 0.723. The Morgan fingerprint density at radius 1 is 1.16 bits per heavy atom. The Balaban J connectivity index is 2.39. The molecule has 0 aliphatic carbocycles. The molecule has 0 radical (unpaired) electrons. The fraction of sp³-hybridized carbons (Fsp3) is 0.500. The lowest BCUT2D eigenvalue weighted by Gasteiger charge is -2.09. The molecule has 0 spiro atoms. The molecule has 0 fully saturated rings. The second kappa shape index (κ2) is 8.37. The maximum atomic E-state index is 11.2. The molecule has 0 saturated heterocycles. The second-order valence-electron chi connectivity index (χ2n) is 4.08. The molecular weight excluding hydrogens is 246 g/mol. The molecule has 1 N–H and O–H groups in total. The number of nitrogens with one attached hydrogen (secondary N) is 1. The van der Waals surface area contributed by atoms with Crippen LogP contribution >= 0.6 is 0 Å². The number of benzene rings is 1. The highest BCUT2D eigenvalue weighted by Crippen LogP contribution is 2.27. The molecule has 1 amide bonds. The van der Waals surface area contributed by atoms with Crippen LogP contribution in [0.2, 0.25) is 0 Å². The van der Waals surface area contributed by atoms with Crippen LogP contribution < -0.4 is 14.8 Å². The molecular formula is C14H21NO4. The smallest absolute Gasteiger partial charge is 0.245 e. The maximum absolute atomic E-state index is 11.2. The van der Waals surface area contributed by atoms with Gasteiger partial charge in [0, 0.05) is 13.7 Å². The number of carbonyl (C=O) groups excluding carboxylic acids is 1. The summed E-state index contributed by atoms with van der Waals surface area (Å²) in [7, 11) is 4.73. The van der Waals surface area contributed by atoms with Gasteiger partial charge >= 0.3 is 0 Å². The molecule has 1 aromatic rings. The van der Waals surface area contributed by atoms with Crippen molar-refractivity contribution in [2.75, 3.05) is 34.5 Å².